The van der Waals surface area contributed by atoms with E-state index in [1.54, 1.807) is 12.1 Å². The van der Waals surface area contributed by atoms with Gasteiger partial charge in [0.25, 0.3) is 10.0 Å². The summed E-state index contributed by atoms with van der Waals surface area (Å²) in [6, 6.07) is 13.4. The standard InChI is InChI=1S/C17H20N2O3S/c1-13-4-8-15(9-5-13)12-18-17(20)19(3)23(21,22)16-10-6-14(2)7-11-16/h4-11H,12H2,1-3H3,(H,18,20). The third-order valence-corrected chi connectivity index (χ3v) is 5.28. The fourth-order valence-electron chi connectivity index (χ4n) is 1.97. The highest BCUT2D eigenvalue weighted by Crippen LogP contribution is 2.15. The van der Waals surface area contributed by atoms with Gasteiger partial charge in [-0.2, -0.15) is 0 Å². The van der Waals surface area contributed by atoms with Crippen LogP contribution in [0.25, 0.3) is 0 Å². The lowest BCUT2D eigenvalue weighted by atomic mass is 10.1. The topological polar surface area (TPSA) is 66.5 Å². The van der Waals surface area contributed by atoms with E-state index < -0.39 is 16.1 Å². The molecule has 0 aliphatic carbocycles. The Morgan fingerprint density at radius 3 is 1.96 bits per heavy atom. The molecule has 2 rings (SSSR count). The summed E-state index contributed by atoms with van der Waals surface area (Å²) in [4.78, 5) is 12.2. The minimum atomic E-state index is -3.84. The zero-order valence-corrected chi connectivity index (χ0v) is 14.2. The van der Waals surface area contributed by atoms with Crippen LogP contribution in [0.2, 0.25) is 0 Å². The van der Waals surface area contributed by atoms with Crippen LogP contribution in [0.4, 0.5) is 4.79 Å². The average molecular weight is 332 g/mol. The quantitative estimate of drug-likeness (QED) is 0.936. The van der Waals surface area contributed by atoms with E-state index in [0.717, 1.165) is 21.0 Å². The van der Waals surface area contributed by atoms with E-state index in [1.807, 2.05) is 38.1 Å². The number of carbonyl (C=O) groups excluding carboxylic acids is 1. The van der Waals surface area contributed by atoms with E-state index in [-0.39, 0.29) is 11.4 Å². The van der Waals surface area contributed by atoms with Gasteiger partial charge in [0.15, 0.2) is 0 Å². The van der Waals surface area contributed by atoms with E-state index >= 15 is 0 Å². The lowest BCUT2D eigenvalue weighted by Crippen LogP contribution is -2.40. The van der Waals surface area contributed by atoms with Gasteiger partial charge in [0.05, 0.1) is 4.90 Å². The molecule has 1 N–H and O–H groups in total. The Labute approximate surface area is 137 Å². The molecule has 0 aliphatic heterocycles. The molecule has 0 unspecified atom stereocenters. The van der Waals surface area contributed by atoms with E-state index in [1.165, 1.54) is 19.2 Å². The molecule has 0 radical (unpaired) electrons. The number of amides is 2. The Morgan fingerprint density at radius 2 is 1.43 bits per heavy atom. The number of sulfonamides is 1. The van der Waals surface area contributed by atoms with Crippen molar-refractivity contribution < 1.29 is 13.2 Å². The number of urea groups is 1. The Balaban J connectivity index is 2.06. The number of aryl methyl sites for hydroxylation is 2. The summed E-state index contributed by atoms with van der Waals surface area (Å²) in [6.07, 6.45) is 0. The molecule has 2 amide bonds. The van der Waals surface area contributed by atoms with Gasteiger partial charge in [-0.1, -0.05) is 47.5 Å². The molecule has 0 saturated heterocycles. The molecule has 0 saturated carbocycles. The van der Waals surface area contributed by atoms with Crippen LogP contribution >= 0.6 is 0 Å². The molecule has 0 heterocycles. The summed E-state index contributed by atoms with van der Waals surface area (Å²) in [6.45, 7) is 4.12. The number of hydrogen-bond acceptors (Lipinski definition) is 3. The third-order valence-electron chi connectivity index (χ3n) is 3.53. The van der Waals surface area contributed by atoms with E-state index in [0.29, 0.717) is 0 Å². The first-order valence-electron chi connectivity index (χ1n) is 7.19. The number of nitrogens with one attached hydrogen (secondary N) is 1. The van der Waals surface area contributed by atoms with Crippen LogP contribution < -0.4 is 5.32 Å². The molecule has 0 spiro atoms. The molecule has 0 aliphatic rings. The van der Waals surface area contributed by atoms with Crippen molar-refractivity contribution in [3.05, 3.63) is 65.2 Å². The van der Waals surface area contributed by atoms with Crippen LogP contribution in [-0.2, 0) is 16.6 Å². The number of hydrogen-bond donors (Lipinski definition) is 1. The second-order valence-electron chi connectivity index (χ2n) is 5.43. The second-order valence-corrected chi connectivity index (χ2v) is 7.40. The van der Waals surface area contributed by atoms with Crippen LogP contribution in [-0.4, -0.2) is 25.8 Å². The fourth-order valence-corrected chi connectivity index (χ4v) is 3.05. The van der Waals surface area contributed by atoms with Crippen LogP contribution in [0.5, 0.6) is 0 Å². The normalized spacial score (nSPS) is 11.1. The third kappa shape index (κ3) is 4.10. The van der Waals surface area contributed by atoms with Crippen molar-refractivity contribution >= 4 is 16.1 Å². The van der Waals surface area contributed by atoms with Crippen LogP contribution in [0.3, 0.4) is 0 Å². The van der Waals surface area contributed by atoms with Crippen molar-refractivity contribution in [2.45, 2.75) is 25.3 Å². The highest BCUT2D eigenvalue weighted by atomic mass is 32.2. The average Bonchev–Trinajstić information content (AvgIpc) is 2.53. The lowest BCUT2D eigenvalue weighted by molar-refractivity contribution is 0.228. The van der Waals surface area contributed by atoms with Crippen LogP contribution in [0.15, 0.2) is 53.4 Å². The van der Waals surface area contributed by atoms with Gasteiger partial charge in [0.2, 0.25) is 0 Å². The van der Waals surface area contributed by atoms with Crippen molar-refractivity contribution in [3.8, 4) is 0 Å². The predicted molar refractivity (Wildman–Crippen MR) is 89.5 cm³/mol. The van der Waals surface area contributed by atoms with Crippen molar-refractivity contribution in [1.29, 1.82) is 0 Å². The summed E-state index contributed by atoms with van der Waals surface area (Å²) >= 11 is 0. The fraction of sp³-hybridized carbons (Fsp3) is 0.235. The molecule has 2 aromatic rings. The first-order chi connectivity index (χ1) is 10.8. The van der Waals surface area contributed by atoms with Gasteiger partial charge in [-0.15, -0.1) is 0 Å². The lowest BCUT2D eigenvalue weighted by Gasteiger charge is -2.18. The van der Waals surface area contributed by atoms with Gasteiger partial charge in [-0.25, -0.2) is 17.5 Å². The van der Waals surface area contributed by atoms with Gasteiger partial charge in [-0.3, -0.25) is 0 Å². The molecule has 0 fully saturated rings. The maximum Gasteiger partial charge on any atom is 0.331 e. The first-order valence-corrected chi connectivity index (χ1v) is 8.63. The number of benzene rings is 2. The molecule has 0 atom stereocenters. The van der Waals surface area contributed by atoms with Gasteiger partial charge in [0, 0.05) is 13.6 Å². The van der Waals surface area contributed by atoms with Crippen molar-refractivity contribution in [2.24, 2.45) is 0 Å². The van der Waals surface area contributed by atoms with Gasteiger partial charge in [0.1, 0.15) is 0 Å². The summed E-state index contributed by atoms with van der Waals surface area (Å²) < 4.78 is 25.5. The smallest absolute Gasteiger partial charge is 0.331 e. The summed E-state index contributed by atoms with van der Waals surface area (Å²) in [5.41, 5.74) is 2.99. The number of rotatable bonds is 4. The Morgan fingerprint density at radius 1 is 0.957 bits per heavy atom. The van der Waals surface area contributed by atoms with Crippen molar-refractivity contribution in [2.75, 3.05) is 7.05 Å². The Hall–Kier alpha value is -2.34. The van der Waals surface area contributed by atoms with Crippen molar-refractivity contribution in [3.63, 3.8) is 0 Å². The minimum Gasteiger partial charge on any atom is -0.333 e. The zero-order valence-electron chi connectivity index (χ0n) is 13.4. The van der Waals surface area contributed by atoms with Gasteiger partial charge >= 0.3 is 6.03 Å². The second kappa shape index (κ2) is 6.83. The van der Waals surface area contributed by atoms with E-state index in [4.69, 9.17) is 0 Å². The largest absolute Gasteiger partial charge is 0.333 e. The molecule has 23 heavy (non-hydrogen) atoms. The van der Waals surface area contributed by atoms with Gasteiger partial charge in [-0.05, 0) is 31.5 Å². The van der Waals surface area contributed by atoms with Crippen LogP contribution in [0, 0.1) is 13.8 Å². The molecule has 122 valence electrons. The Kier molecular flexibility index (Phi) is 5.05. The SMILES string of the molecule is Cc1ccc(CNC(=O)N(C)S(=O)(=O)c2ccc(C)cc2)cc1. The van der Waals surface area contributed by atoms with Crippen molar-refractivity contribution in [1.82, 2.24) is 9.62 Å². The molecular weight excluding hydrogens is 312 g/mol. The summed E-state index contributed by atoms with van der Waals surface area (Å²) in [5.74, 6) is 0. The molecule has 6 heteroatoms. The maximum absolute atomic E-state index is 12.4. The summed E-state index contributed by atoms with van der Waals surface area (Å²) in [7, 11) is -2.60. The molecule has 5 nitrogen and oxygen atoms in total. The van der Waals surface area contributed by atoms with E-state index in [2.05, 4.69) is 5.32 Å². The zero-order chi connectivity index (χ0) is 17.0. The Bertz CT molecular complexity index is 782. The maximum atomic E-state index is 12.4. The highest BCUT2D eigenvalue weighted by molar-refractivity contribution is 7.89. The first kappa shape index (κ1) is 17.0. The highest BCUT2D eigenvalue weighted by Gasteiger charge is 2.25. The summed E-state index contributed by atoms with van der Waals surface area (Å²) in [5, 5.41) is 2.61. The number of nitrogens with zero attached hydrogens (tertiary/aromatic N) is 1. The molecule has 0 aromatic heterocycles. The van der Waals surface area contributed by atoms with Gasteiger partial charge < -0.3 is 5.32 Å². The monoisotopic (exact) mass is 332 g/mol. The number of carbonyl (C=O) groups is 1. The van der Waals surface area contributed by atoms with Crippen LogP contribution in [0.1, 0.15) is 16.7 Å². The minimum absolute atomic E-state index is 0.0936. The molecule has 2 aromatic carbocycles. The molecular formula is C17H20N2O3S. The van der Waals surface area contributed by atoms with E-state index in [9.17, 15) is 13.2 Å². The predicted octanol–water partition coefficient (Wildman–Crippen LogP) is 2.83. The molecule has 0 bridgehead atoms.